The molecule has 0 saturated carbocycles. The smallest absolute Gasteiger partial charge is 0.233 e. The summed E-state index contributed by atoms with van der Waals surface area (Å²) in [6, 6.07) is 18.0. The molecule has 0 atom stereocenters. The van der Waals surface area contributed by atoms with Crippen molar-refractivity contribution in [1.82, 2.24) is 29.7 Å². The lowest BCUT2D eigenvalue weighted by Crippen LogP contribution is -2.09. The minimum Gasteiger partial charge on any atom is -0.508 e. The van der Waals surface area contributed by atoms with E-state index in [0.717, 1.165) is 22.8 Å². The summed E-state index contributed by atoms with van der Waals surface area (Å²) < 4.78 is 7.17. The largest absolute Gasteiger partial charge is 0.508 e. The molecule has 4 N–H and O–H groups in total. The van der Waals surface area contributed by atoms with Gasteiger partial charge >= 0.3 is 0 Å². The van der Waals surface area contributed by atoms with Crippen LogP contribution in [0.1, 0.15) is 5.76 Å². The van der Waals surface area contributed by atoms with Crippen LogP contribution in [0.15, 0.2) is 84.0 Å². The Balaban J connectivity index is 1.38. The second-order valence-electron chi connectivity index (χ2n) is 6.95. The summed E-state index contributed by atoms with van der Waals surface area (Å²) in [4.78, 5) is 13.4. The second kappa shape index (κ2) is 9.06. The molecule has 5 rings (SSSR count). The van der Waals surface area contributed by atoms with Crippen molar-refractivity contribution in [2.75, 3.05) is 16.0 Å². The van der Waals surface area contributed by atoms with Gasteiger partial charge in [-0.3, -0.25) is 4.57 Å². The van der Waals surface area contributed by atoms with E-state index >= 15 is 0 Å². The van der Waals surface area contributed by atoms with Crippen LogP contribution in [0.25, 0.3) is 5.69 Å². The van der Waals surface area contributed by atoms with Crippen molar-refractivity contribution >= 4 is 29.2 Å². The van der Waals surface area contributed by atoms with Crippen LogP contribution >= 0.6 is 0 Å². The average Bonchev–Trinajstić information content (AvgIpc) is 3.54. The van der Waals surface area contributed by atoms with Crippen LogP contribution in [0.4, 0.5) is 29.2 Å². The Kier molecular flexibility index (Phi) is 5.49. The number of nitrogens with zero attached hydrogens (tertiary/aromatic N) is 6. The molecule has 0 unspecified atom stereocenters. The molecular formula is C22H19N9O2. The first-order chi connectivity index (χ1) is 16.2. The summed E-state index contributed by atoms with van der Waals surface area (Å²) in [7, 11) is 0. The number of aromatic hydroxyl groups is 1. The third-order valence-corrected chi connectivity index (χ3v) is 4.60. The van der Waals surface area contributed by atoms with Crippen LogP contribution in [0, 0.1) is 0 Å². The molecule has 0 aliphatic heterocycles. The van der Waals surface area contributed by atoms with Gasteiger partial charge in [-0.1, -0.05) is 0 Å². The molecule has 3 heterocycles. The normalized spacial score (nSPS) is 10.7. The maximum absolute atomic E-state index is 9.51. The summed E-state index contributed by atoms with van der Waals surface area (Å²) in [5.41, 5.74) is 2.45. The first-order valence-corrected chi connectivity index (χ1v) is 10.0. The SMILES string of the molecule is Oc1ccc(Nc2nc(NCc3ccco3)nc(Nc3ccc(-n4cnnc4)cc3)n2)cc1. The highest BCUT2D eigenvalue weighted by Crippen LogP contribution is 2.21. The van der Waals surface area contributed by atoms with Gasteiger partial charge in [0.2, 0.25) is 17.8 Å². The highest BCUT2D eigenvalue weighted by molar-refractivity contribution is 5.60. The Hall–Kier alpha value is -4.93. The molecule has 0 spiro atoms. The maximum atomic E-state index is 9.51. The maximum Gasteiger partial charge on any atom is 0.233 e. The van der Waals surface area contributed by atoms with Crippen LogP contribution in [-0.2, 0) is 6.54 Å². The van der Waals surface area contributed by atoms with Crippen molar-refractivity contribution in [1.29, 1.82) is 0 Å². The average molecular weight is 441 g/mol. The summed E-state index contributed by atoms with van der Waals surface area (Å²) in [5.74, 6) is 1.98. The fourth-order valence-corrected chi connectivity index (χ4v) is 3.00. The summed E-state index contributed by atoms with van der Waals surface area (Å²) in [5, 5.41) is 26.6. The number of aromatic nitrogens is 6. The van der Waals surface area contributed by atoms with Gasteiger partial charge in [0.25, 0.3) is 0 Å². The first-order valence-electron chi connectivity index (χ1n) is 10.0. The summed E-state index contributed by atoms with van der Waals surface area (Å²) in [6.45, 7) is 0.419. The molecular weight excluding hydrogens is 422 g/mol. The van der Waals surface area contributed by atoms with E-state index in [-0.39, 0.29) is 5.75 Å². The van der Waals surface area contributed by atoms with Gasteiger partial charge in [0.1, 0.15) is 24.2 Å². The lowest BCUT2D eigenvalue weighted by molar-refractivity contribution is 0.475. The molecule has 0 saturated heterocycles. The van der Waals surface area contributed by atoms with E-state index in [4.69, 9.17) is 4.42 Å². The molecule has 164 valence electrons. The number of hydrogen-bond acceptors (Lipinski definition) is 10. The quantitative estimate of drug-likeness (QED) is 0.263. The van der Waals surface area contributed by atoms with Crippen molar-refractivity contribution in [3.05, 3.63) is 85.3 Å². The molecule has 2 aromatic carbocycles. The second-order valence-corrected chi connectivity index (χ2v) is 6.95. The molecule has 11 heteroatoms. The number of furan rings is 1. The Morgan fingerprint density at radius 1 is 0.758 bits per heavy atom. The molecule has 0 amide bonds. The van der Waals surface area contributed by atoms with Gasteiger partial charge in [0.05, 0.1) is 12.8 Å². The summed E-state index contributed by atoms with van der Waals surface area (Å²) >= 11 is 0. The topological polar surface area (TPSA) is 139 Å². The number of phenols is 1. The van der Waals surface area contributed by atoms with E-state index in [2.05, 4.69) is 41.1 Å². The molecule has 11 nitrogen and oxygen atoms in total. The number of benzene rings is 2. The molecule has 5 aromatic rings. The van der Waals surface area contributed by atoms with Crippen molar-refractivity contribution in [3.63, 3.8) is 0 Å². The number of nitrogens with one attached hydrogen (secondary N) is 3. The number of hydrogen-bond donors (Lipinski definition) is 4. The zero-order chi connectivity index (χ0) is 22.5. The Morgan fingerprint density at radius 2 is 1.36 bits per heavy atom. The van der Waals surface area contributed by atoms with Crippen LogP contribution in [0.2, 0.25) is 0 Å². The Bertz CT molecular complexity index is 1300. The van der Waals surface area contributed by atoms with E-state index in [1.165, 1.54) is 0 Å². The lowest BCUT2D eigenvalue weighted by atomic mass is 10.3. The van der Waals surface area contributed by atoms with Crippen LogP contribution in [0.5, 0.6) is 5.75 Å². The van der Waals surface area contributed by atoms with E-state index in [1.807, 2.05) is 41.0 Å². The van der Waals surface area contributed by atoms with Crippen LogP contribution in [-0.4, -0.2) is 34.8 Å². The zero-order valence-electron chi connectivity index (χ0n) is 17.3. The number of phenolic OH excluding ortho intramolecular Hbond substituents is 1. The fraction of sp³-hybridized carbons (Fsp3) is 0.0455. The third kappa shape index (κ3) is 5.05. The van der Waals surface area contributed by atoms with Crippen LogP contribution in [0.3, 0.4) is 0 Å². The van der Waals surface area contributed by atoms with Crippen molar-refractivity contribution in [2.24, 2.45) is 0 Å². The van der Waals surface area contributed by atoms with E-state index in [0.29, 0.717) is 24.4 Å². The van der Waals surface area contributed by atoms with Crippen LogP contribution < -0.4 is 16.0 Å². The zero-order valence-corrected chi connectivity index (χ0v) is 17.3. The standard InChI is InChI=1S/C22H19N9O2/c32-18-9-5-16(6-10-18)27-22-29-20(23-12-19-2-1-11-33-19)28-21(30-22)26-15-3-7-17(8-4-15)31-13-24-25-14-31/h1-11,13-14,32H,12H2,(H3,23,26,27,28,29,30). The Labute approximate surface area is 188 Å². The predicted octanol–water partition coefficient (Wildman–Crippen LogP) is 3.85. The lowest BCUT2D eigenvalue weighted by Gasteiger charge is -2.11. The molecule has 33 heavy (non-hydrogen) atoms. The minimum atomic E-state index is 0.175. The van der Waals surface area contributed by atoms with Gasteiger partial charge in [-0.2, -0.15) is 15.0 Å². The van der Waals surface area contributed by atoms with Gasteiger partial charge in [-0.05, 0) is 60.7 Å². The van der Waals surface area contributed by atoms with Gasteiger partial charge in [0, 0.05) is 17.1 Å². The van der Waals surface area contributed by atoms with E-state index < -0.39 is 0 Å². The van der Waals surface area contributed by atoms with E-state index in [9.17, 15) is 5.11 Å². The summed E-state index contributed by atoms with van der Waals surface area (Å²) in [6.07, 6.45) is 4.87. The predicted molar refractivity (Wildman–Crippen MR) is 122 cm³/mol. The van der Waals surface area contributed by atoms with Gasteiger partial charge < -0.3 is 25.5 Å². The van der Waals surface area contributed by atoms with Crippen molar-refractivity contribution < 1.29 is 9.52 Å². The molecule has 3 aromatic heterocycles. The number of rotatable bonds is 8. The highest BCUT2D eigenvalue weighted by atomic mass is 16.3. The highest BCUT2D eigenvalue weighted by Gasteiger charge is 2.09. The molecule has 0 radical (unpaired) electrons. The number of anilines is 5. The fourth-order valence-electron chi connectivity index (χ4n) is 3.00. The van der Waals surface area contributed by atoms with Gasteiger partial charge in [-0.15, -0.1) is 10.2 Å². The van der Waals surface area contributed by atoms with Crippen molar-refractivity contribution in [3.8, 4) is 11.4 Å². The van der Waals surface area contributed by atoms with Gasteiger partial charge in [-0.25, -0.2) is 0 Å². The van der Waals surface area contributed by atoms with Gasteiger partial charge in [0.15, 0.2) is 0 Å². The van der Waals surface area contributed by atoms with Crippen molar-refractivity contribution in [2.45, 2.75) is 6.54 Å². The molecule has 0 aliphatic rings. The first kappa shape index (κ1) is 20.0. The third-order valence-electron chi connectivity index (χ3n) is 4.60. The monoisotopic (exact) mass is 441 g/mol. The Morgan fingerprint density at radius 3 is 1.97 bits per heavy atom. The van der Waals surface area contributed by atoms with E-state index in [1.54, 1.807) is 43.2 Å². The molecule has 0 fully saturated rings. The molecule has 0 aliphatic carbocycles. The molecule has 0 bridgehead atoms. The minimum absolute atomic E-state index is 0.175.